The standard InChI is InChI=1S/C17H18N4O2S/c1-2-21-13-6-4-3-5-12(13)18-16(21)15-14(11-22)24-17(19-15)20-7-9-23-10-8-20/h3-6,11H,2,7-10H2,1H3. The molecular weight excluding hydrogens is 324 g/mol. The molecule has 1 saturated heterocycles. The zero-order valence-electron chi connectivity index (χ0n) is 13.4. The summed E-state index contributed by atoms with van der Waals surface area (Å²) < 4.78 is 7.51. The molecule has 2 aromatic heterocycles. The Morgan fingerprint density at radius 1 is 1.25 bits per heavy atom. The summed E-state index contributed by atoms with van der Waals surface area (Å²) in [5.74, 6) is 0.761. The van der Waals surface area contributed by atoms with Crippen molar-refractivity contribution in [2.24, 2.45) is 0 Å². The van der Waals surface area contributed by atoms with E-state index in [1.165, 1.54) is 11.3 Å². The first-order valence-corrected chi connectivity index (χ1v) is 8.87. The van der Waals surface area contributed by atoms with Gasteiger partial charge in [-0.25, -0.2) is 9.97 Å². The van der Waals surface area contributed by atoms with E-state index in [1.54, 1.807) is 0 Å². The number of carbonyl (C=O) groups excluding carboxylic acids is 1. The summed E-state index contributed by atoms with van der Waals surface area (Å²) in [5, 5.41) is 0.866. The van der Waals surface area contributed by atoms with E-state index in [0.717, 1.165) is 47.9 Å². The topological polar surface area (TPSA) is 60.2 Å². The fourth-order valence-electron chi connectivity index (χ4n) is 3.03. The van der Waals surface area contributed by atoms with Crippen LogP contribution >= 0.6 is 11.3 Å². The van der Waals surface area contributed by atoms with Crippen LogP contribution in [-0.4, -0.2) is 47.1 Å². The molecule has 0 aliphatic carbocycles. The van der Waals surface area contributed by atoms with Crippen LogP contribution in [0.5, 0.6) is 0 Å². The predicted octanol–water partition coefficient (Wildman–Crippen LogP) is 2.83. The predicted molar refractivity (Wildman–Crippen MR) is 94.9 cm³/mol. The lowest BCUT2D eigenvalue weighted by molar-refractivity contribution is 0.112. The van der Waals surface area contributed by atoms with Gasteiger partial charge < -0.3 is 14.2 Å². The zero-order valence-corrected chi connectivity index (χ0v) is 14.3. The molecule has 0 radical (unpaired) electrons. The van der Waals surface area contributed by atoms with Crippen molar-refractivity contribution < 1.29 is 9.53 Å². The van der Waals surface area contributed by atoms with Crippen LogP contribution in [0.2, 0.25) is 0 Å². The fraction of sp³-hybridized carbons (Fsp3) is 0.353. The fourth-order valence-corrected chi connectivity index (χ4v) is 3.95. The molecule has 7 heteroatoms. The van der Waals surface area contributed by atoms with E-state index in [9.17, 15) is 4.79 Å². The Bertz CT molecular complexity index is 880. The molecule has 1 aliphatic heterocycles. The van der Waals surface area contributed by atoms with Crippen LogP contribution in [0.1, 0.15) is 16.6 Å². The van der Waals surface area contributed by atoms with Gasteiger partial charge in [-0.15, -0.1) is 0 Å². The minimum absolute atomic E-state index is 0.626. The summed E-state index contributed by atoms with van der Waals surface area (Å²) in [4.78, 5) is 23.9. The lowest BCUT2D eigenvalue weighted by atomic mass is 10.3. The van der Waals surface area contributed by atoms with E-state index in [2.05, 4.69) is 16.4 Å². The molecule has 1 aromatic carbocycles. The van der Waals surface area contributed by atoms with Crippen molar-refractivity contribution in [2.75, 3.05) is 31.2 Å². The second kappa shape index (κ2) is 6.33. The lowest BCUT2D eigenvalue weighted by Crippen LogP contribution is -2.36. The van der Waals surface area contributed by atoms with Crippen LogP contribution in [0, 0.1) is 0 Å². The van der Waals surface area contributed by atoms with Gasteiger partial charge in [0, 0.05) is 19.6 Å². The Morgan fingerprint density at radius 3 is 2.79 bits per heavy atom. The van der Waals surface area contributed by atoms with Crippen LogP contribution in [-0.2, 0) is 11.3 Å². The number of aryl methyl sites for hydroxylation is 1. The van der Waals surface area contributed by atoms with Gasteiger partial charge in [-0.2, -0.15) is 0 Å². The summed E-state index contributed by atoms with van der Waals surface area (Å²) in [6.07, 6.45) is 0.885. The Labute approximate surface area is 143 Å². The summed E-state index contributed by atoms with van der Waals surface area (Å²) in [5.41, 5.74) is 2.66. The molecule has 0 saturated carbocycles. The molecular formula is C17H18N4O2S. The molecule has 124 valence electrons. The maximum absolute atomic E-state index is 11.6. The quantitative estimate of drug-likeness (QED) is 0.682. The highest BCUT2D eigenvalue weighted by Crippen LogP contribution is 2.33. The molecule has 0 N–H and O–H groups in total. The normalized spacial score (nSPS) is 15.1. The van der Waals surface area contributed by atoms with E-state index < -0.39 is 0 Å². The molecule has 24 heavy (non-hydrogen) atoms. The van der Waals surface area contributed by atoms with Crippen LogP contribution in [0.3, 0.4) is 0 Å². The minimum Gasteiger partial charge on any atom is -0.378 e. The van der Waals surface area contributed by atoms with Crippen LogP contribution in [0.25, 0.3) is 22.6 Å². The summed E-state index contributed by atoms with van der Waals surface area (Å²) in [6, 6.07) is 8.01. The van der Waals surface area contributed by atoms with Gasteiger partial charge in [0.25, 0.3) is 0 Å². The molecule has 0 bridgehead atoms. The van der Waals surface area contributed by atoms with Gasteiger partial charge in [-0.1, -0.05) is 23.5 Å². The number of aldehydes is 1. The van der Waals surface area contributed by atoms with E-state index in [-0.39, 0.29) is 0 Å². The summed E-state index contributed by atoms with van der Waals surface area (Å²) in [7, 11) is 0. The van der Waals surface area contributed by atoms with Crippen LogP contribution < -0.4 is 4.90 Å². The molecule has 3 aromatic rings. The SMILES string of the molecule is CCn1c(-c2nc(N3CCOCC3)sc2C=O)nc2ccccc21. The molecule has 1 aliphatic rings. The number of carbonyl (C=O) groups is 1. The minimum atomic E-state index is 0.626. The Morgan fingerprint density at radius 2 is 2.04 bits per heavy atom. The molecule has 1 fully saturated rings. The van der Waals surface area contributed by atoms with Crippen molar-refractivity contribution in [3.8, 4) is 11.5 Å². The number of thiazole rings is 1. The van der Waals surface area contributed by atoms with Crippen molar-refractivity contribution in [3.05, 3.63) is 29.1 Å². The third-order valence-electron chi connectivity index (χ3n) is 4.21. The molecule has 0 unspecified atom stereocenters. The number of aromatic nitrogens is 3. The van der Waals surface area contributed by atoms with Gasteiger partial charge >= 0.3 is 0 Å². The Hall–Kier alpha value is -2.25. The highest BCUT2D eigenvalue weighted by molar-refractivity contribution is 7.17. The van der Waals surface area contributed by atoms with E-state index in [0.29, 0.717) is 23.8 Å². The van der Waals surface area contributed by atoms with Gasteiger partial charge in [0.05, 0.1) is 29.1 Å². The van der Waals surface area contributed by atoms with Gasteiger partial charge in [0.2, 0.25) is 0 Å². The molecule has 6 nitrogen and oxygen atoms in total. The van der Waals surface area contributed by atoms with Crippen LogP contribution in [0.15, 0.2) is 24.3 Å². The number of benzene rings is 1. The van der Waals surface area contributed by atoms with Crippen molar-refractivity contribution >= 4 is 33.8 Å². The van der Waals surface area contributed by atoms with Gasteiger partial charge in [-0.3, -0.25) is 4.79 Å². The number of fused-ring (bicyclic) bond motifs is 1. The number of nitrogens with zero attached hydrogens (tertiary/aromatic N) is 4. The molecule has 0 spiro atoms. The number of anilines is 1. The molecule has 0 amide bonds. The maximum Gasteiger partial charge on any atom is 0.186 e. The van der Waals surface area contributed by atoms with E-state index in [1.807, 2.05) is 24.3 Å². The highest BCUT2D eigenvalue weighted by Gasteiger charge is 2.22. The van der Waals surface area contributed by atoms with Crippen molar-refractivity contribution in [1.82, 2.24) is 14.5 Å². The third-order valence-corrected chi connectivity index (χ3v) is 5.25. The number of rotatable bonds is 4. The number of ether oxygens (including phenoxy) is 1. The Kier molecular flexibility index (Phi) is 4.03. The van der Waals surface area contributed by atoms with Gasteiger partial charge in [-0.05, 0) is 19.1 Å². The average Bonchev–Trinajstić information content (AvgIpc) is 3.23. The van der Waals surface area contributed by atoms with Crippen molar-refractivity contribution in [3.63, 3.8) is 0 Å². The largest absolute Gasteiger partial charge is 0.378 e. The molecule has 3 heterocycles. The first-order valence-electron chi connectivity index (χ1n) is 8.06. The van der Waals surface area contributed by atoms with Crippen molar-refractivity contribution in [1.29, 1.82) is 0 Å². The average molecular weight is 342 g/mol. The number of imidazole rings is 1. The number of hydrogen-bond donors (Lipinski definition) is 0. The number of morpholine rings is 1. The first-order chi connectivity index (χ1) is 11.8. The summed E-state index contributed by atoms with van der Waals surface area (Å²) in [6.45, 7) is 5.84. The van der Waals surface area contributed by atoms with Crippen molar-refractivity contribution in [2.45, 2.75) is 13.5 Å². The smallest absolute Gasteiger partial charge is 0.186 e. The zero-order chi connectivity index (χ0) is 16.5. The molecule has 0 atom stereocenters. The van der Waals surface area contributed by atoms with Gasteiger partial charge in [0.1, 0.15) is 5.69 Å². The maximum atomic E-state index is 11.6. The highest BCUT2D eigenvalue weighted by atomic mass is 32.1. The second-order valence-electron chi connectivity index (χ2n) is 5.59. The summed E-state index contributed by atoms with van der Waals surface area (Å²) >= 11 is 1.43. The number of para-hydroxylation sites is 2. The number of hydrogen-bond acceptors (Lipinski definition) is 6. The van der Waals surface area contributed by atoms with E-state index in [4.69, 9.17) is 14.7 Å². The first kappa shape index (κ1) is 15.3. The second-order valence-corrected chi connectivity index (χ2v) is 6.60. The lowest BCUT2D eigenvalue weighted by Gasteiger charge is -2.25. The van der Waals surface area contributed by atoms with E-state index >= 15 is 0 Å². The molecule has 4 rings (SSSR count). The third kappa shape index (κ3) is 2.50. The Balaban J connectivity index is 1.84. The monoisotopic (exact) mass is 342 g/mol. The van der Waals surface area contributed by atoms with Gasteiger partial charge in [0.15, 0.2) is 17.2 Å². The van der Waals surface area contributed by atoms with Crippen LogP contribution in [0.4, 0.5) is 5.13 Å².